The summed E-state index contributed by atoms with van der Waals surface area (Å²) in [7, 11) is 0. The fraction of sp³-hybridized carbons (Fsp3) is 0.667. The summed E-state index contributed by atoms with van der Waals surface area (Å²) in [5, 5.41) is 8.98. The Labute approximate surface area is 139 Å². The van der Waals surface area contributed by atoms with E-state index in [1.165, 1.54) is 70.3 Å². The van der Waals surface area contributed by atoms with Crippen LogP contribution in [-0.2, 0) is 0 Å². The Morgan fingerprint density at radius 3 is 2.26 bits per heavy atom. The SMILES string of the molecule is N#Cc1ccc(C(CC2CCCCC2)C2CCCCC2)c(F)c1. The predicted molar refractivity (Wildman–Crippen MR) is 91.6 cm³/mol. The molecule has 0 amide bonds. The molecule has 0 N–H and O–H groups in total. The van der Waals surface area contributed by atoms with Gasteiger partial charge in [0.05, 0.1) is 11.6 Å². The molecule has 0 heterocycles. The normalized spacial score (nSPS) is 21.7. The summed E-state index contributed by atoms with van der Waals surface area (Å²) in [5.74, 6) is 1.60. The number of nitriles is 1. The second kappa shape index (κ2) is 7.95. The van der Waals surface area contributed by atoms with Crippen molar-refractivity contribution in [2.45, 2.75) is 76.5 Å². The van der Waals surface area contributed by atoms with Crippen LogP contribution in [0.25, 0.3) is 0 Å². The van der Waals surface area contributed by atoms with Crippen LogP contribution in [0.1, 0.15) is 87.7 Å². The fourth-order valence-corrected chi connectivity index (χ4v) is 4.79. The van der Waals surface area contributed by atoms with Crippen LogP contribution in [0.3, 0.4) is 0 Å². The summed E-state index contributed by atoms with van der Waals surface area (Å²) in [6, 6.07) is 7.19. The molecule has 1 atom stereocenters. The Balaban J connectivity index is 1.82. The third-order valence-corrected chi connectivity index (χ3v) is 6.06. The fourth-order valence-electron chi connectivity index (χ4n) is 4.79. The van der Waals surface area contributed by atoms with Crippen molar-refractivity contribution >= 4 is 0 Å². The van der Waals surface area contributed by atoms with E-state index < -0.39 is 0 Å². The average Bonchev–Trinajstić information content (AvgIpc) is 2.61. The zero-order chi connectivity index (χ0) is 16.1. The molecule has 0 bridgehead atoms. The maximum absolute atomic E-state index is 14.6. The van der Waals surface area contributed by atoms with Crippen LogP contribution in [-0.4, -0.2) is 0 Å². The smallest absolute Gasteiger partial charge is 0.128 e. The third-order valence-electron chi connectivity index (χ3n) is 6.06. The Morgan fingerprint density at radius 2 is 1.65 bits per heavy atom. The van der Waals surface area contributed by atoms with Crippen molar-refractivity contribution < 1.29 is 4.39 Å². The first-order valence-electron chi connectivity index (χ1n) is 9.47. The van der Waals surface area contributed by atoms with E-state index in [9.17, 15) is 4.39 Å². The summed E-state index contributed by atoms with van der Waals surface area (Å²) >= 11 is 0. The van der Waals surface area contributed by atoms with E-state index in [2.05, 4.69) is 6.07 Å². The molecule has 1 aromatic carbocycles. The van der Waals surface area contributed by atoms with Crippen molar-refractivity contribution in [3.8, 4) is 6.07 Å². The number of benzene rings is 1. The maximum Gasteiger partial charge on any atom is 0.128 e. The van der Waals surface area contributed by atoms with Crippen LogP contribution in [0, 0.1) is 29.0 Å². The molecule has 0 radical (unpaired) electrons. The van der Waals surface area contributed by atoms with E-state index in [-0.39, 0.29) is 5.82 Å². The van der Waals surface area contributed by atoms with Gasteiger partial charge in [0.25, 0.3) is 0 Å². The molecule has 2 aliphatic carbocycles. The molecule has 2 fully saturated rings. The Morgan fingerprint density at radius 1 is 1.00 bits per heavy atom. The summed E-state index contributed by atoms with van der Waals surface area (Å²) < 4.78 is 14.6. The first-order valence-corrected chi connectivity index (χ1v) is 9.47. The minimum absolute atomic E-state index is 0.157. The second-order valence-electron chi connectivity index (χ2n) is 7.59. The van der Waals surface area contributed by atoms with Crippen LogP contribution in [0.5, 0.6) is 0 Å². The van der Waals surface area contributed by atoms with E-state index in [4.69, 9.17) is 5.26 Å². The first-order chi connectivity index (χ1) is 11.3. The van der Waals surface area contributed by atoms with Crippen molar-refractivity contribution in [3.63, 3.8) is 0 Å². The van der Waals surface area contributed by atoms with Gasteiger partial charge in [0, 0.05) is 0 Å². The van der Waals surface area contributed by atoms with Gasteiger partial charge in [-0.3, -0.25) is 0 Å². The van der Waals surface area contributed by atoms with Gasteiger partial charge in [-0.2, -0.15) is 5.26 Å². The Bertz CT molecular complexity index is 547. The molecule has 0 aliphatic heterocycles. The molecular weight excluding hydrogens is 285 g/mol. The van der Waals surface area contributed by atoms with Gasteiger partial charge in [0.2, 0.25) is 0 Å². The minimum atomic E-state index is -0.157. The van der Waals surface area contributed by atoms with Gasteiger partial charge in [-0.25, -0.2) is 4.39 Å². The van der Waals surface area contributed by atoms with Crippen molar-refractivity contribution in [2.24, 2.45) is 11.8 Å². The van der Waals surface area contributed by atoms with Crippen LogP contribution < -0.4 is 0 Å². The van der Waals surface area contributed by atoms with Crippen molar-refractivity contribution in [2.75, 3.05) is 0 Å². The molecule has 2 aliphatic rings. The predicted octanol–water partition coefficient (Wildman–Crippen LogP) is 6.33. The number of hydrogen-bond donors (Lipinski definition) is 0. The first kappa shape index (κ1) is 16.5. The third kappa shape index (κ3) is 4.14. The Hall–Kier alpha value is -1.36. The molecule has 1 aromatic rings. The van der Waals surface area contributed by atoms with Crippen LogP contribution in [0.4, 0.5) is 4.39 Å². The number of halogens is 1. The second-order valence-corrected chi connectivity index (χ2v) is 7.59. The molecule has 1 nitrogen and oxygen atoms in total. The van der Waals surface area contributed by atoms with Gasteiger partial charge in [0.15, 0.2) is 0 Å². The van der Waals surface area contributed by atoms with Crippen LogP contribution >= 0.6 is 0 Å². The van der Waals surface area contributed by atoms with Crippen molar-refractivity contribution in [3.05, 3.63) is 35.1 Å². The largest absolute Gasteiger partial charge is 0.207 e. The molecular formula is C21H28FN. The lowest BCUT2D eigenvalue weighted by atomic mass is 9.71. The lowest BCUT2D eigenvalue weighted by molar-refractivity contribution is 0.237. The molecule has 3 rings (SSSR count). The lowest BCUT2D eigenvalue weighted by Crippen LogP contribution is -2.21. The summed E-state index contributed by atoms with van der Waals surface area (Å²) in [5.41, 5.74) is 1.31. The molecule has 1 unspecified atom stereocenters. The topological polar surface area (TPSA) is 23.8 Å². The van der Waals surface area contributed by atoms with E-state index >= 15 is 0 Å². The summed E-state index contributed by atoms with van der Waals surface area (Å²) in [4.78, 5) is 0. The lowest BCUT2D eigenvalue weighted by Gasteiger charge is -2.34. The highest BCUT2D eigenvalue weighted by atomic mass is 19.1. The maximum atomic E-state index is 14.6. The van der Waals surface area contributed by atoms with Gasteiger partial charge in [0.1, 0.15) is 5.82 Å². The van der Waals surface area contributed by atoms with Crippen molar-refractivity contribution in [1.29, 1.82) is 5.26 Å². The van der Waals surface area contributed by atoms with Crippen LogP contribution in [0.15, 0.2) is 18.2 Å². The van der Waals surface area contributed by atoms with Gasteiger partial charge < -0.3 is 0 Å². The van der Waals surface area contributed by atoms with Gasteiger partial charge >= 0.3 is 0 Å². The molecule has 0 aromatic heterocycles. The highest BCUT2D eigenvalue weighted by molar-refractivity contribution is 5.34. The monoisotopic (exact) mass is 313 g/mol. The quantitative estimate of drug-likeness (QED) is 0.637. The average molecular weight is 313 g/mol. The van der Waals surface area contributed by atoms with Crippen LogP contribution in [0.2, 0.25) is 0 Å². The summed E-state index contributed by atoms with van der Waals surface area (Å²) in [6.45, 7) is 0. The molecule has 23 heavy (non-hydrogen) atoms. The molecule has 0 spiro atoms. The zero-order valence-electron chi connectivity index (χ0n) is 14.1. The minimum Gasteiger partial charge on any atom is -0.207 e. The van der Waals surface area contributed by atoms with Gasteiger partial charge in [-0.1, -0.05) is 57.4 Å². The number of rotatable bonds is 4. The van der Waals surface area contributed by atoms with E-state index in [1.54, 1.807) is 6.07 Å². The zero-order valence-corrected chi connectivity index (χ0v) is 14.1. The highest BCUT2D eigenvalue weighted by Gasteiger charge is 2.30. The van der Waals surface area contributed by atoms with E-state index in [0.717, 1.165) is 17.9 Å². The highest BCUT2D eigenvalue weighted by Crippen LogP contribution is 2.43. The van der Waals surface area contributed by atoms with Gasteiger partial charge in [-0.15, -0.1) is 0 Å². The number of nitrogens with zero attached hydrogens (tertiary/aromatic N) is 1. The van der Waals surface area contributed by atoms with Gasteiger partial charge in [-0.05, 0) is 54.7 Å². The Kier molecular flexibility index (Phi) is 5.70. The van der Waals surface area contributed by atoms with E-state index in [1.807, 2.05) is 6.07 Å². The summed E-state index contributed by atoms with van der Waals surface area (Å²) in [6.07, 6.45) is 14.3. The van der Waals surface area contributed by atoms with Crippen molar-refractivity contribution in [1.82, 2.24) is 0 Å². The van der Waals surface area contributed by atoms with E-state index in [0.29, 0.717) is 17.4 Å². The standard InChI is InChI=1S/C21H28FN/c22-21-14-17(15-23)11-12-19(21)20(18-9-5-2-6-10-18)13-16-7-3-1-4-8-16/h11-12,14,16,18,20H,1-10,13H2. The molecule has 2 heteroatoms. The molecule has 2 saturated carbocycles. The molecule has 0 saturated heterocycles. The molecule has 124 valence electrons. The number of hydrogen-bond acceptors (Lipinski definition) is 1.